The van der Waals surface area contributed by atoms with E-state index in [1.807, 2.05) is 18.2 Å². The molecule has 0 aliphatic carbocycles. The van der Waals surface area contributed by atoms with E-state index in [-0.39, 0.29) is 0 Å². The molecule has 3 aromatic heterocycles. The van der Waals surface area contributed by atoms with Gasteiger partial charge in [0.25, 0.3) is 0 Å². The average molecular weight is 791 g/mol. The highest BCUT2D eigenvalue weighted by molar-refractivity contribution is 6.10. The fourth-order valence-corrected chi connectivity index (χ4v) is 9.23. The first-order valence-corrected chi connectivity index (χ1v) is 21.1. The van der Waals surface area contributed by atoms with E-state index in [0.29, 0.717) is 5.82 Å². The molecule has 290 valence electrons. The molecule has 0 saturated carbocycles. The van der Waals surface area contributed by atoms with Crippen molar-refractivity contribution in [2.45, 2.75) is 0 Å². The standard InChI is InChI=1S/C58H38N4/c1-2-16-39(17-3-1)58-59-52(44-22-12-18-40(34-44)42-20-14-24-46(36-42)61-54-30-8-4-26-48(54)49-27-5-9-31-55(49)61)38-53(60-58)45-23-13-19-41(35-45)43-21-15-25-47(37-43)62-56-32-10-6-28-50(56)51-29-7-11-33-57(51)62/h1-38H. The zero-order valence-electron chi connectivity index (χ0n) is 33.7. The topological polar surface area (TPSA) is 35.6 Å². The van der Waals surface area contributed by atoms with Crippen LogP contribution in [0.3, 0.4) is 0 Å². The molecule has 0 N–H and O–H groups in total. The van der Waals surface area contributed by atoms with Gasteiger partial charge in [-0.05, 0) is 89.0 Å². The Bertz CT molecular complexity index is 3320. The minimum absolute atomic E-state index is 0.690. The molecular weight excluding hydrogens is 753 g/mol. The number of hydrogen-bond donors (Lipinski definition) is 0. The third-order valence-electron chi connectivity index (χ3n) is 12.1. The van der Waals surface area contributed by atoms with Crippen molar-refractivity contribution in [2.24, 2.45) is 0 Å². The van der Waals surface area contributed by atoms with Crippen LogP contribution in [0.4, 0.5) is 0 Å². The Morgan fingerprint density at radius 2 is 0.565 bits per heavy atom. The van der Waals surface area contributed by atoms with Crippen molar-refractivity contribution >= 4 is 43.6 Å². The summed E-state index contributed by atoms with van der Waals surface area (Å²) >= 11 is 0. The van der Waals surface area contributed by atoms with Crippen LogP contribution in [-0.2, 0) is 0 Å². The van der Waals surface area contributed by atoms with Crippen LogP contribution in [0.15, 0.2) is 231 Å². The molecule has 0 amide bonds. The molecule has 0 aliphatic heterocycles. The second-order valence-electron chi connectivity index (χ2n) is 15.8. The lowest BCUT2D eigenvalue weighted by Gasteiger charge is -2.13. The highest BCUT2D eigenvalue weighted by atomic mass is 15.0. The summed E-state index contributed by atoms with van der Waals surface area (Å²) in [5.41, 5.74) is 16.3. The fourth-order valence-electron chi connectivity index (χ4n) is 9.23. The van der Waals surface area contributed by atoms with Gasteiger partial charge >= 0.3 is 0 Å². The Hall–Kier alpha value is -8.34. The van der Waals surface area contributed by atoms with Gasteiger partial charge in [-0.15, -0.1) is 0 Å². The maximum Gasteiger partial charge on any atom is 0.160 e. The smallest absolute Gasteiger partial charge is 0.160 e. The van der Waals surface area contributed by atoms with Crippen LogP contribution in [0.25, 0.3) is 111 Å². The SMILES string of the molecule is c1ccc(-c2nc(-c3cccc(-c4cccc(-n5c6ccccc6c6ccccc65)c4)c3)cc(-c3cccc(-c4cccc(-n5c6ccccc6c6ccccc65)c4)c3)n2)cc1. The largest absolute Gasteiger partial charge is 0.309 e. The maximum absolute atomic E-state index is 5.21. The molecule has 0 bridgehead atoms. The number of fused-ring (bicyclic) bond motifs is 6. The van der Waals surface area contributed by atoms with E-state index in [4.69, 9.17) is 9.97 Å². The highest BCUT2D eigenvalue weighted by Gasteiger charge is 2.16. The molecule has 9 aromatic carbocycles. The van der Waals surface area contributed by atoms with Gasteiger partial charge in [-0.2, -0.15) is 0 Å². The molecule has 0 fully saturated rings. The summed E-state index contributed by atoms with van der Waals surface area (Å²) < 4.78 is 4.74. The van der Waals surface area contributed by atoms with Crippen LogP contribution in [0.2, 0.25) is 0 Å². The zero-order valence-corrected chi connectivity index (χ0v) is 33.7. The van der Waals surface area contributed by atoms with Crippen molar-refractivity contribution in [3.8, 4) is 67.5 Å². The monoisotopic (exact) mass is 790 g/mol. The van der Waals surface area contributed by atoms with Gasteiger partial charge in [0, 0.05) is 49.6 Å². The van der Waals surface area contributed by atoms with Crippen LogP contribution in [0.5, 0.6) is 0 Å². The first kappa shape index (κ1) is 35.6. The van der Waals surface area contributed by atoms with Crippen LogP contribution >= 0.6 is 0 Å². The third-order valence-corrected chi connectivity index (χ3v) is 12.1. The van der Waals surface area contributed by atoms with Crippen molar-refractivity contribution in [1.82, 2.24) is 19.1 Å². The van der Waals surface area contributed by atoms with Crippen LogP contribution in [0.1, 0.15) is 0 Å². The van der Waals surface area contributed by atoms with E-state index in [9.17, 15) is 0 Å². The van der Waals surface area contributed by atoms with Gasteiger partial charge in [0.1, 0.15) is 0 Å². The summed E-state index contributed by atoms with van der Waals surface area (Å²) in [5, 5.41) is 5.01. The molecule has 0 atom stereocenters. The minimum atomic E-state index is 0.690. The van der Waals surface area contributed by atoms with Gasteiger partial charge in [0.05, 0.1) is 33.5 Å². The molecule has 0 unspecified atom stereocenters. The van der Waals surface area contributed by atoms with Gasteiger partial charge in [-0.25, -0.2) is 9.97 Å². The molecule has 0 aliphatic rings. The van der Waals surface area contributed by atoms with Gasteiger partial charge in [-0.1, -0.05) is 164 Å². The molecular formula is C58H38N4. The van der Waals surface area contributed by atoms with Crippen molar-refractivity contribution in [2.75, 3.05) is 0 Å². The number of hydrogen-bond acceptors (Lipinski definition) is 2. The lowest BCUT2D eigenvalue weighted by molar-refractivity contribution is 1.18. The Balaban J connectivity index is 0.943. The van der Waals surface area contributed by atoms with Crippen molar-refractivity contribution in [3.63, 3.8) is 0 Å². The van der Waals surface area contributed by atoms with Crippen molar-refractivity contribution in [3.05, 3.63) is 231 Å². The number of para-hydroxylation sites is 4. The van der Waals surface area contributed by atoms with Gasteiger partial charge in [-0.3, -0.25) is 0 Å². The number of nitrogens with zero attached hydrogens (tertiary/aromatic N) is 4. The van der Waals surface area contributed by atoms with Crippen molar-refractivity contribution < 1.29 is 0 Å². The van der Waals surface area contributed by atoms with E-state index < -0.39 is 0 Å². The Morgan fingerprint density at radius 3 is 0.984 bits per heavy atom. The number of benzene rings is 9. The number of rotatable bonds is 7. The maximum atomic E-state index is 5.21. The summed E-state index contributed by atoms with van der Waals surface area (Å²) in [6, 6.07) is 82.1. The molecule has 0 spiro atoms. The summed E-state index contributed by atoms with van der Waals surface area (Å²) in [4.78, 5) is 10.4. The molecule has 3 heterocycles. The van der Waals surface area contributed by atoms with E-state index in [2.05, 4.69) is 221 Å². The minimum Gasteiger partial charge on any atom is -0.309 e. The predicted molar refractivity (Wildman–Crippen MR) is 258 cm³/mol. The predicted octanol–water partition coefficient (Wildman–Crippen LogP) is 15.0. The van der Waals surface area contributed by atoms with Crippen LogP contribution in [0, 0.1) is 0 Å². The first-order valence-electron chi connectivity index (χ1n) is 21.1. The van der Waals surface area contributed by atoms with Crippen LogP contribution < -0.4 is 0 Å². The zero-order chi connectivity index (χ0) is 41.0. The van der Waals surface area contributed by atoms with Crippen molar-refractivity contribution in [1.29, 1.82) is 0 Å². The van der Waals surface area contributed by atoms with E-state index >= 15 is 0 Å². The second-order valence-corrected chi connectivity index (χ2v) is 15.8. The molecule has 62 heavy (non-hydrogen) atoms. The fraction of sp³-hybridized carbons (Fsp3) is 0. The van der Waals surface area contributed by atoms with Gasteiger partial charge in [0.15, 0.2) is 5.82 Å². The second kappa shape index (κ2) is 14.7. The quantitative estimate of drug-likeness (QED) is 0.161. The van der Waals surface area contributed by atoms with Gasteiger partial charge in [0.2, 0.25) is 0 Å². The third kappa shape index (κ3) is 6.08. The van der Waals surface area contributed by atoms with E-state index in [1.165, 1.54) is 43.6 Å². The van der Waals surface area contributed by atoms with Gasteiger partial charge < -0.3 is 9.13 Å². The lowest BCUT2D eigenvalue weighted by atomic mass is 9.98. The molecule has 0 saturated heterocycles. The van der Waals surface area contributed by atoms with Crippen LogP contribution in [-0.4, -0.2) is 19.1 Å². The first-order chi connectivity index (χ1) is 30.7. The molecule has 4 heteroatoms. The summed E-state index contributed by atoms with van der Waals surface area (Å²) in [6.07, 6.45) is 0. The lowest BCUT2D eigenvalue weighted by Crippen LogP contribution is -1.97. The molecule has 12 rings (SSSR count). The molecule has 4 nitrogen and oxygen atoms in total. The highest BCUT2D eigenvalue weighted by Crippen LogP contribution is 2.37. The molecule has 0 radical (unpaired) electrons. The number of aromatic nitrogens is 4. The average Bonchev–Trinajstić information content (AvgIpc) is 3.87. The van der Waals surface area contributed by atoms with E-state index in [0.717, 1.165) is 61.7 Å². The molecule has 12 aromatic rings. The summed E-state index contributed by atoms with van der Waals surface area (Å²) in [7, 11) is 0. The van der Waals surface area contributed by atoms with E-state index in [1.54, 1.807) is 0 Å². The Morgan fingerprint density at radius 1 is 0.242 bits per heavy atom. The Labute approximate surface area is 359 Å². The Kier molecular flexibility index (Phi) is 8.46. The summed E-state index contributed by atoms with van der Waals surface area (Å²) in [5.74, 6) is 0.690. The normalized spacial score (nSPS) is 11.5. The summed E-state index contributed by atoms with van der Waals surface area (Å²) in [6.45, 7) is 0.